The number of rotatable bonds is 6. The summed E-state index contributed by atoms with van der Waals surface area (Å²) in [6, 6.07) is 2.08. The summed E-state index contributed by atoms with van der Waals surface area (Å²) in [5, 5.41) is 10.7. The molecule has 0 aromatic carbocycles. The van der Waals surface area contributed by atoms with E-state index in [-0.39, 0.29) is 6.61 Å². The zero-order valence-electron chi connectivity index (χ0n) is 9.95. The van der Waals surface area contributed by atoms with Crippen LogP contribution >= 0.6 is 11.3 Å². The first-order chi connectivity index (χ1) is 8.38. The summed E-state index contributed by atoms with van der Waals surface area (Å²) in [5.41, 5.74) is 1.03. The van der Waals surface area contributed by atoms with Crippen molar-refractivity contribution in [2.45, 2.75) is 32.3 Å². The monoisotopic (exact) mass is 250 g/mol. The first kappa shape index (κ1) is 12.6. The lowest BCUT2D eigenvalue weighted by Crippen LogP contribution is -1.94. The normalized spacial score (nSPS) is 14.4. The van der Waals surface area contributed by atoms with Gasteiger partial charge in [-0.3, -0.25) is 0 Å². The first-order valence-corrected chi connectivity index (χ1v) is 7.01. The Morgan fingerprint density at radius 3 is 3.12 bits per heavy atom. The Morgan fingerprint density at radius 1 is 1.47 bits per heavy atom. The average Bonchev–Trinajstić information content (AvgIpc) is 3.05. The lowest BCUT2D eigenvalue weighted by molar-refractivity contribution is 0.117. The molecule has 0 atom stereocenters. The number of ether oxygens (including phenoxy) is 1. The maximum absolute atomic E-state index is 8.62. The van der Waals surface area contributed by atoms with Crippen molar-refractivity contribution < 1.29 is 9.84 Å². The molecule has 0 bridgehead atoms. The highest BCUT2D eigenvalue weighted by Gasteiger charge is 2.20. The minimum atomic E-state index is 0.133. The van der Waals surface area contributed by atoms with E-state index in [4.69, 9.17) is 9.84 Å². The molecular weight excluding hydrogens is 232 g/mol. The molecule has 92 valence electrons. The third kappa shape index (κ3) is 4.91. The molecule has 0 radical (unpaired) electrons. The van der Waals surface area contributed by atoms with Crippen molar-refractivity contribution in [1.29, 1.82) is 0 Å². The molecule has 1 aliphatic rings. The van der Waals surface area contributed by atoms with E-state index in [0.717, 1.165) is 18.1 Å². The van der Waals surface area contributed by atoms with Crippen molar-refractivity contribution in [2.75, 3.05) is 13.2 Å². The van der Waals surface area contributed by atoms with Gasteiger partial charge in [-0.25, -0.2) is 0 Å². The predicted octanol–water partition coefficient (Wildman–Crippen LogP) is 2.80. The molecule has 0 unspecified atom stereocenters. The van der Waals surface area contributed by atoms with Gasteiger partial charge >= 0.3 is 0 Å². The molecule has 3 heteroatoms. The largest absolute Gasteiger partial charge is 0.395 e. The zero-order chi connectivity index (χ0) is 11.9. The second-order valence-electron chi connectivity index (χ2n) is 4.36. The van der Waals surface area contributed by atoms with Gasteiger partial charge in [0.1, 0.15) is 0 Å². The summed E-state index contributed by atoms with van der Waals surface area (Å²) in [6.45, 7) is 1.72. The first-order valence-electron chi connectivity index (χ1n) is 6.13. The van der Waals surface area contributed by atoms with Crippen LogP contribution in [0.5, 0.6) is 0 Å². The summed E-state index contributed by atoms with van der Waals surface area (Å²) in [5.74, 6) is 6.89. The van der Waals surface area contributed by atoms with Gasteiger partial charge in [0, 0.05) is 28.8 Å². The highest BCUT2D eigenvalue weighted by Crippen LogP contribution is 2.32. The third-order valence-electron chi connectivity index (χ3n) is 2.73. The fourth-order valence-corrected chi connectivity index (χ4v) is 2.32. The predicted molar refractivity (Wildman–Crippen MR) is 69.9 cm³/mol. The lowest BCUT2D eigenvalue weighted by Gasteiger charge is -2.00. The molecule has 2 nitrogen and oxygen atoms in total. The van der Waals surface area contributed by atoms with Crippen molar-refractivity contribution >= 4 is 11.3 Å². The fraction of sp³-hybridized carbons (Fsp3) is 0.571. The molecule has 17 heavy (non-hydrogen) atoms. The molecule has 0 aliphatic heterocycles. The van der Waals surface area contributed by atoms with Gasteiger partial charge in [-0.1, -0.05) is 24.7 Å². The molecular formula is C14H18O2S. The van der Waals surface area contributed by atoms with Crippen LogP contribution in [0.4, 0.5) is 0 Å². The van der Waals surface area contributed by atoms with Crippen LogP contribution in [0.3, 0.4) is 0 Å². The van der Waals surface area contributed by atoms with Gasteiger partial charge in [-0.05, 0) is 18.4 Å². The molecule has 1 aromatic heterocycles. The Balaban J connectivity index is 1.68. The SMILES string of the molecule is OCCC#Cc1csc(COCCC2CC2)c1. The van der Waals surface area contributed by atoms with Gasteiger partial charge in [0.2, 0.25) is 0 Å². The van der Waals surface area contributed by atoms with E-state index in [1.807, 2.05) is 5.38 Å². The van der Waals surface area contributed by atoms with E-state index in [0.29, 0.717) is 13.0 Å². The second kappa shape index (κ2) is 6.80. The van der Waals surface area contributed by atoms with Crippen LogP contribution in [-0.2, 0) is 11.3 Å². The van der Waals surface area contributed by atoms with Crippen LogP contribution in [0.15, 0.2) is 11.4 Å². The van der Waals surface area contributed by atoms with Crippen LogP contribution in [0, 0.1) is 17.8 Å². The van der Waals surface area contributed by atoms with E-state index >= 15 is 0 Å². The maximum Gasteiger partial charge on any atom is 0.0809 e. The van der Waals surface area contributed by atoms with Crippen LogP contribution < -0.4 is 0 Å². The quantitative estimate of drug-likeness (QED) is 0.621. The molecule has 1 aromatic rings. The summed E-state index contributed by atoms with van der Waals surface area (Å²) >= 11 is 1.69. The number of hydrogen-bond acceptors (Lipinski definition) is 3. The van der Waals surface area contributed by atoms with Crippen LogP contribution in [-0.4, -0.2) is 18.3 Å². The molecule has 1 N–H and O–H groups in total. The number of hydrogen-bond donors (Lipinski definition) is 1. The van der Waals surface area contributed by atoms with Gasteiger partial charge in [0.15, 0.2) is 0 Å². The Morgan fingerprint density at radius 2 is 2.35 bits per heavy atom. The van der Waals surface area contributed by atoms with E-state index < -0.39 is 0 Å². The summed E-state index contributed by atoms with van der Waals surface area (Å²) < 4.78 is 5.63. The topological polar surface area (TPSA) is 29.5 Å². The van der Waals surface area contributed by atoms with E-state index in [1.54, 1.807) is 11.3 Å². The van der Waals surface area contributed by atoms with Crippen molar-refractivity contribution in [3.8, 4) is 11.8 Å². The Bertz CT molecular complexity index is 396. The van der Waals surface area contributed by atoms with Crippen molar-refractivity contribution in [1.82, 2.24) is 0 Å². The minimum Gasteiger partial charge on any atom is -0.395 e. The van der Waals surface area contributed by atoms with Crippen LogP contribution in [0.1, 0.15) is 36.1 Å². The van der Waals surface area contributed by atoms with Crippen molar-refractivity contribution in [3.05, 3.63) is 21.9 Å². The second-order valence-corrected chi connectivity index (χ2v) is 5.36. The van der Waals surface area contributed by atoms with Gasteiger partial charge in [-0.15, -0.1) is 11.3 Å². The number of aliphatic hydroxyl groups excluding tert-OH is 1. The minimum absolute atomic E-state index is 0.133. The Kier molecular flexibility index (Phi) is 5.06. The van der Waals surface area contributed by atoms with Gasteiger partial charge in [0.25, 0.3) is 0 Å². The fourth-order valence-electron chi connectivity index (χ4n) is 1.57. The third-order valence-corrected chi connectivity index (χ3v) is 3.65. The molecule has 0 spiro atoms. The molecule has 1 fully saturated rings. The molecule has 1 saturated carbocycles. The van der Waals surface area contributed by atoms with Crippen LogP contribution in [0.2, 0.25) is 0 Å². The molecule has 1 aliphatic carbocycles. The Hall–Kier alpha value is -0.820. The van der Waals surface area contributed by atoms with Gasteiger partial charge in [0.05, 0.1) is 13.2 Å². The molecule has 0 saturated heterocycles. The Labute approximate surface area is 107 Å². The zero-order valence-corrected chi connectivity index (χ0v) is 10.8. The van der Waals surface area contributed by atoms with Crippen molar-refractivity contribution in [3.63, 3.8) is 0 Å². The highest BCUT2D eigenvalue weighted by atomic mass is 32.1. The molecule has 0 amide bonds. The lowest BCUT2D eigenvalue weighted by atomic mass is 10.3. The van der Waals surface area contributed by atoms with E-state index in [1.165, 1.54) is 24.1 Å². The maximum atomic E-state index is 8.62. The summed E-state index contributed by atoms with van der Waals surface area (Å²) in [4.78, 5) is 1.23. The van der Waals surface area contributed by atoms with Gasteiger partial charge in [-0.2, -0.15) is 0 Å². The average molecular weight is 250 g/mol. The molecule has 2 rings (SSSR count). The summed E-state index contributed by atoms with van der Waals surface area (Å²) in [7, 11) is 0. The van der Waals surface area contributed by atoms with Gasteiger partial charge < -0.3 is 9.84 Å². The number of thiophene rings is 1. The van der Waals surface area contributed by atoms with Crippen molar-refractivity contribution in [2.24, 2.45) is 5.92 Å². The standard InChI is InChI=1S/C14H18O2S/c15-7-2-1-3-13-9-14(17-11-13)10-16-8-6-12-4-5-12/h9,11-12,15H,2,4-8,10H2. The smallest absolute Gasteiger partial charge is 0.0809 e. The number of aliphatic hydroxyl groups is 1. The van der Waals surface area contributed by atoms with E-state index in [9.17, 15) is 0 Å². The van der Waals surface area contributed by atoms with E-state index in [2.05, 4.69) is 17.9 Å². The molecule has 1 heterocycles. The summed E-state index contributed by atoms with van der Waals surface area (Å²) in [6.07, 6.45) is 4.55. The van der Waals surface area contributed by atoms with Crippen LogP contribution in [0.25, 0.3) is 0 Å². The highest BCUT2D eigenvalue weighted by molar-refractivity contribution is 7.10.